The minimum atomic E-state index is -0.823. The van der Waals surface area contributed by atoms with Crippen LogP contribution in [0.4, 0.5) is 0 Å². The molecule has 17 heavy (non-hydrogen) atoms. The van der Waals surface area contributed by atoms with E-state index in [1.165, 1.54) is 25.7 Å². The molecule has 2 unspecified atom stereocenters. The van der Waals surface area contributed by atoms with Gasteiger partial charge in [0.25, 0.3) is 0 Å². The van der Waals surface area contributed by atoms with Crippen molar-refractivity contribution in [1.82, 2.24) is 5.32 Å². The van der Waals surface area contributed by atoms with E-state index in [-0.39, 0.29) is 6.10 Å². The van der Waals surface area contributed by atoms with Crippen molar-refractivity contribution in [3.05, 3.63) is 0 Å². The molecule has 0 aromatic carbocycles. The maximum absolute atomic E-state index is 10.7. The van der Waals surface area contributed by atoms with Crippen LogP contribution >= 0.6 is 0 Å². The minimum Gasteiger partial charge on any atom is -0.479 e. The quantitative estimate of drug-likeness (QED) is 0.770. The Labute approximate surface area is 103 Å². The first kappa shape index (κ1) is 12.8. The van der Waals surface area contributed by atoms with Crippen LogP contribution in [0.3, 0.4) is 0 Å². The third-order valence-electron chi connectivity index (χ3n) is 4.16. The average molecular weight is 241 g/mol. The smallest absolute Gasteiger partial charge is 0.332 e. The highest BCUT2D eigenvalue weighted by molar-refractivity contribution is 5.72. The van der Waals surface area contributed by atoms with Crippen molar-refractivity contribution in [1.29, 1.82) is 0 Å². The van der Waals surface area contributed by atoms with Crippen molar-refractivity contribution in [2.75, 3.05) is 6.54 Å². The molecule has 1 saturated carbocycles. The van der Waals surface area contributed by atoms with Gasteiger partial charge >= 0.3 is 5.97 Å². The van der Waals surface area contributed by atoms with E-state index in [9.17, 15) is 4.79 Å². The van der Waals surface area contributed by atoms with Crippen LogP contribution in [0.15, 0.2) is 0 Å². The molecule has 3 atom stereocenters. The van der Waals surface area contributed by atoms with Crippen molar-refractivity contribution in [3.63, 3.8) is 0 Å². The Balaban J connectivity index is 1.66. The molecule has 2 rings (SSSR count). The maximum atomic E-state index is 10.7. The number of aliphatic carboxylic acids is 1. The van der Waals surface area contributed by atoms with Crippen LogP contribution in [0.5, 0.6) is 0 Å². The predicted molar refractivity (Wildman–Crippen MR) is 65.0 cm³/mol. The number of hydrogen-bond acceptors (Lipinski definition) is 3. The fraction of sp³-hybridized carbons (Fsp3) is 0.923. The van der Waals surface area contributed by atoms with Crippen LogP contribution in [-0.2, 0) is 9.53 Å². The number of hydrogen-bond donors (Lipinski definition) is 2. The standard InChI is InChI=1S/C13H23NO3/c1-9(10-4-2-3-5-10)14-8-11-6-7-12(17-11)13(15)16/h9-12,14H,2-8H2,1H3,(H,15,16)/t9-,11?,12?/m1/s1. The molecule has 1 saturated heterocycles. The molecule has 0 radical (unpaired) electrons. The molecule has 4 heteroatoms. The van der Waals surface area contributed by atoms with E-state index >= 15 is 0 Å². The molecule has 2 aliphatic rings. The van der Waals surface area contributed by atoms with Gasteiger partial charge in [0, 0.05) is 12.6 Å². The first-order chi connectivity index (χ1) is 8.16. The highest BCUT2D eigenvalue weighted by Gasteiger charge is 2.31. The molecule has 0 spiro atoms. The second-order valence-corrected chi connectivity index (χ2v) is 5.40. The Morgan fingerprint density at radius 1 is 1.35 bits per heavy atom. The van der Waals surface area contributed by atoms with Crippen molar-refractivity contribution >= 4 is 5.97 Å². The zero-order valence-corrected chi connectivity index (χ0v) is 10.5. The average Bonchev–Trinajstić information content (AvgIpc) is 2.97. The normalized spacial score (nSPS) is 31.8. The zero-order valence-electron chi connectivity index (χ0n) is 10.5. The van der Waals surface area contributed by atoms with Gasteiger partial charge in [-0.25, -0.2) is 4.79 Å². The monoisotopic (exact) mass is 241 g/mol. The summed E-state index contributed by atoms with van der Waals surface area (Å²) in [6, 6.07) is 0.532. The number of carboxylic acids is 1. The summed E-state index contributed by atoms with van der Waals surface area (Å²) < 4.78 is 5.47. The van der Waals surface area contributed by atoms with Crippen molar-refractivity contribution in [2.24, 2.45) is 5.92 Å². The van der Waals surface area contributed by atoms with Crippen LogP contribution in [0, 0.1) is 5.92 Å². The minimum absolute atomic E-state index is 0.0833. The molecule has 0 aromatic rings. The lowest BCUT2D eigenvalue weighted by Crippen LogP contribution is -2.38. The second-order valence-electron chi connectivity index (χ2n) is 5.40. The zero-order chi connectivity index (χ0) is 12.3. The number of ether oxygens (including phenoxy) is 1. The van der Waals surface area contributed by atoms with Gasteiger partial charge in [-0.3, -0.25) is 0 Å². The molecule has 1 aliphatic heterocycles. The summed E-state index contributed by atoms with van der Waals surface area (Å²) in [5, 5.41) is 12.3. The highest BCUT2D eigenvalue weighted by Crippen LogP contribution is 2.27. The van der Waals surface area contributed by atoms with Gasteiger partial charge in [0.05, 0.1) is 6.10 Å². The van der Waals surface area contributed by atoms with Crippen LogP contribution in [0.25, 0.3) is 0 Å². The number of rotatable bonds is 5. The van der Waals surface area contributed by atoms with E-state index in [4.69, 9.17) is 9.84 Å². The Morgan fingerprint density at radius 2 is 2.06 bits per heavy atom. The molecule has 98 valence electrons. The van der Waals surface area contributed by atoms with Gasteiger partial charge in [0.2, 0.25) is 0 Å². The molecule has 2 fully saturated rings. The number of carbonyl (C=O) groups is 1. The molecule has 0 amide bonds. The van der Waals surface area contributed by atoms with Crippen molar-refractivity contribution in [3.8, 4) is 0 Å². The molecular formula is C13H23NO3. The first-order valence-electron chi connectivity index (χ1n) is 6.78. The van der Waals surface area contributed by atoms with Gasteiger partial charge in [-0.2, -0.15) is 0 Å². The predicted octanol–water partition coefficient (Wildman–Crippen LogP) is 1.79. The van der Waals surface area contributed by atoms with Crippen molar-refractivity contribution < 1.29 is 14.6 Å². The largest absolute Gasteiger partial charge is 0.479 e. The third-order valence-corrected chi connectivity index (χ3v) is 4.16. The topological polar surface area (TPSA) is 58.6 Å². The van der Waals surface area contributed by atoms with Crippen LogP contribution in [0.2, 0.25) is 0 Å². The first-order valence-corrected chi connectivity index (χ1v) is 6.78. The SMILES string of the molecule is C[C@@H](NCC1CCC(C(=O)O)O1)C1CCCC1. The third kappa shape index (κ3) is 3.42. The van der Waals surface area contributed by atoms with E-state index in [1.807, 2.05) is 0 Å². The van der Waals surface area contributed by atoms with Gasteiger partial charge in [0.1, 0.15) is 0 Å². The summed E-state index contributed by atoms with van der Waals surface area (Å²) in [5.41, 5.74) is 0. The summed E-state index contributed by atoms with van der Waals surface area (Å²) >= 11 is 0. The Hall–Kier alpha value is -0.610. The number of nitrogens with one attached hydrogen (secondary N) is 1. The summed E-state index contributed by atoms with van der Waals surface area (Å²) in [5.74, 6) is -0.0250. The summed E-state index contributed by atoms with van der Waals surface area (Å²) in [6.07, 6.45) is 6.40. The lowest BCUT2D eigenvalue weighted by Gasteiger charge is -2.22. The van der Waals surface area contributed by atoms with Gasteiger partial charge < -0.3 is 15.2 Å². The summed E-state index contributed by atoms with van der Waals surface area (Å²) in [7, 11) is 0. The van der Waals surface area contributed by atoms with E-state index in [1.54, 1.807) is 0 Å². The summed E-state index contributed by atoms with van der Waals surface area (Å²) in [4.78, 5) is 10.7. The van der Waals surface area contributed by atoms with Crippen LogP contribution < -0.4 is 5.32 Å². The van der Waals surface area contributed by atoms with Crippen LogP contribution in [-0.4, -0.2) is 35.9 Å². The van der Waals surface area contributed by atoms with Gasteiger partial charge in [-0.05, 0) is 38.5 Å². The molecule has 1 heterocycles. The Morgan fingerprint density at radius 3 is 2.65 bits per heavy atom. The fourth-order valence-corrected chi connectivity index (χ4v) is 2.98. The Bertz CT molecular complexity index is 263. The summed E-state index contributed by atoms with van der Waals surface area (Å²) in [6.45, 7) is 3.03. The molecule has 2 N–H and O–H groups in total. The van der Waals surface area contributed by atoms with Crippen LogP contribution in [0.1, 0.15) is 45.4 Å². The second kappa shape index (κ2) is 5.83. The van der Waals surface area contributed by atoms with Gasteiger partial charge in [0.15, 0.2) is 6.10 Å². The molecule has 0 aromatic heterocycles. The lowest BCUT2D eigenvalue weighted by molar-refractivity contribution is -0.149. The highest BCUT2D eigenvalue weighted by atomic mass is 16.5. The van der Waals surface area contributed by atoms with E-state index in [0.29, 0.717) is 12.5 Å². The molecule has 1 aliphatic carbocycles. The maximum Gasteiger partial charge on any atom is 0.332 e. The fourth-order valence-electron chi connectivity index (χ4n) is 2.98. The van der Waals surface area contributed by atoms with E-state index < -0.39 is 12.1 Å². The molecular weight excluding hydrogens is 218 g/mol. The van der Waals surface area contributed by atoms with E-state index in [0.717, 1.165) is 18.9 Å². The Kier molecular flexibility index (Phi) is 4.40. The lowest BCUT2D eigenvalue weighted by atomic mass is 9.99. The van der Waals surface area contributed by atoms with Gasteiger partial charge in [-0.1, -0.05) is 12.8 Å². The number of carboxylic acid groups (broad SMARTS) is 1. The van der Waals surface area contributed by atoms with Gasteiger partial charge in [-0.15, -0.1) is 0 Å². The molecule has 4 nitrogen and oxygen atoms in total. The van der Waals surface area contributed by atoms with E-state index in [2.05, 4.69) is 12.2 Å². The molecule has 0 bridgehead atoms. The van der Waals surface area contributed by atoms with Crippen molar-refractivity contribution in [2.45, 2.75) is 63.7 Å².